The lowest BCUT2D eigenvalue weighted by Crippen LogP contribution is -2.37. The van der Waals surface area contributed by atoms with Gasteiger partial charge in [0.25, 0.3) is 5.91 Å². The van der Waals surface area contributed by atoms with E-state index in [9.17, 15) is 4.79 Å². The van der Waals surface area contributed by atoms with Crippen LogP contribution in [0.15, 0.2) is 22.7 Å². The zero-order valence-corrected chi connectivity index (χ0v) is 14.4. The number of nitrogen functional groups attached to an aromatic ring is 1. The highest BCUT2D eigenvalue weighted by Crippen LogP contribution is 2.35. The summed E-state index contributed by atoms with van der Waals surface area (Å²) in [4.78, 5) is 13.1. The molecule has 0 bridgehead atoms. The molecule has 112 valence electrons. The maximum atomic E-state index is 12.5. The number of halogens is 1. The van der Waals surface area contributed by atoms with E-state index >= 15 is 0 Å². The number of carbonyl (C=O) groups excluding carboxylic acids is 1. The van der Waals surface area contributed by atoms with Gasteiger partial charge in [0, 0.05) is 20.6 Å². The predicted molar refractivity (Wildman–Crippen MR) is 92.8 cm³/mol. The van der Waals surface area contributed by atoms with Crippen LogP contribution in [0.5, 0.6) is 0 Å². The monoisotopic (exact) mass is 366 g/mol. The van der Waals surface area contributed by atoms with Crippen LogP contribution < -0.4 is 11.1 Å². The minimum absolute atomic E-state index is 0.0378. The molecule has 0 saturated heterocycles. The van der Waals surface area contributed by atoms with E-state index < -0.39 is 0 Å². The van der Waals surface area contributed by atoms with Crippen LogP contribution in [0, 0.1) is 5.92 Å². The highest BCUT2D eigenvalue weighted by Gasteiger charge is 2.25. The summed E-state index contributed by atoms with van der Waals surface area (Å²) in [6.45, 7) is 2.11. The fourth-order valence-corrected chi connectivity index (χ4v) is 4.68. The van der Waals surface area contributed by atoms with Gasteiger partial charge in [0.2, 0.25) is 0 Å². The number of carbonyl (C=O) groups is 1. The van der Waals surface area contributed by atoms with Gasteiger partial charge in [-0.1, -0.05) is 34.8 Å². The Kier molecular flexibility index (Phi) is 4.22. The Bertz CT molecular complexity index is 676. The van der Waals surface area contributed by atoms with Crippen molar-refractivity contribution >= 4 is 48.9 Å². The lowest BCUT2D eigenvalue weighted by Gasteiger charge is -2.20. The minimum Gasteiger partial charge on any atom is -0.397 e. The Hall–Kier alpha value is -1.07. The third-order valence-electron chi connectivity index (χ3n) is 4.36. The molecular weight excluding hydrogens is 348 g/mol. The van der Waals surface area contributed by atoms with Crippen LogP contribution in [0.1, 0.15) is 42.3 Å². The molecule has 1 aromatic carbocycles. The number of anilines is 1. The molecule has 1 aromatic heterocycles. The summed E-state index contributed by atoms with van der Waals surface area (Å²) in [7, 11) is 0. The summed E-state index contributed by atoms with van der Waals surface area (Å²) in [5.41, 5.74) is 6.75. The van der Waals surface area contributed by atoms with E-state index in [1.807, 2.05) is 18.2 Å². The largest absolute Gasteiger partial charge is 0.397 e. The molecule has 1 fully saturated rings. The van der Waals surface area contributed by atoms with Crippen LogP contribution >= 0.6 is 27.3 Å². The first-order valence-electron chi connectivity index (χ1n) is 7.34. The van der Waals surface area contributed by atoms with Gasteiger partial charge in [-0.05, 0) is 37.8 Å². The van der Waals surface area contributed by atoms with Gasteiger partial charge < -0.3 is 11.1 Å². The van der Waals surface area contributed by atoms with Crippen molar-refractivity contribution in [2.45, 2.75) is 38.6 Å². The average molecular weight is 367 g/mol. The van der Waals surface area contributed by atoms with Crippen molar-refractivity contribution < 1.29 is 4.79 Å². The van der Waals surface area contributed by atoms with Gasteiger partial charge in [0.1, 0.15) is 4.88 Å². The van der Waals surface area contributed by atoms with Crippen molar-refractivity contribution in [1.82, 2.24) is 5.32 Å². The van der Waals surface area contributed by atoms with Gasteiger partial charge in [0.05, 0.1) is 5.69 Å². The summed E-state index contributed by atoms with van der Waals surface area (Å²) in [5.74, 6) is 0.572. The molecule has 1 atom stereocenters. The zero-order valence-electron chi connectivity index (χ0n) is 12.0. The molecule has 1 heterocycles. The Balaban J connectivity index is 1.82. The fraction of sp³-hybridized carbons (Fsp3) is 0.438. The lowest BCUT2D eigenvalue weighted by molar-refractivity contribution is 0.0932. The van der Waals surface area contributed by atoms with Crippen molar-refractivity contribution in [2.75, 3.05) is 5.73 Å². The number of amides is 1. The van der Waals surface area contributed by atoms with E-state index in [0.29, 0.717) is 16.5 Å². The fourth-order valence-electron chi connectivity index (χ4n) is 3.11. The van der Waals surface area contributed by atoms with Gasteiger partial charge in [-0.2, -0.15) is 0 Å². The number of hydrogen-bond donors (Lipinski definition) is 2. The maximum Gasteiger partial charge on any atom is 0.263 e. The number of nitrogens with two attached hydrogens (primary N) is 1. The van der Waals surface area contributed by atoms with Gasteiger partial charge in [0.15, 0.2) is 0 Å². The van der Waals surface area contributed by atoms with E-state index in [2.05, 4.69) is 28.2 Å². The molecule has 1 saturated carbocycles. The third kappa shape index (κ3) is 2.94. The van der Waals surface area contributed by atoms with Crippen LogP contribution in [0.2, 0.25) is 0 Å². The second-order valence-electron chi connectivity index (χ2n) is 5.79. The normalized spacial score (nSPS) is 17.2. The van der Waals surface area contributed by atoms with Crippen LogP contribution in [0.25, 0.3) is 10.1 Å². The molecule has 21 heavy (non-hydrogen) atoms. The van der Waals surface area contributed by atoms with E-state index in [-0.39, 0.29) is 11.9 Å². The first kappa shape index (κ1) is 14.9. The number of benzene rings is 1. The summed E-state index contributed by atoms with van der Waals surface area (Å²) in [5, 5.41) is 4.09. The van der Waals surface area contributed by atoms with Crippen molar-refractivity contribution in [3.63, 3.8) is 0 Å². The molecule has 1 aliphatic rings. The summed E-state index contributed by atoms with van der Waals surface area (Å²) >= 11 is 4.92. The standard InChI is InChI=1S/C16H19BrN2OS/c1-9(10-4-2-3-5-10)19-16(20)15-14(18)12-7-6-11(17)8-13(12)21-15/h6-10H,2-5,18H2,1H3,(H,19,20). The smallest absolute Gasteiger partial charge is 0.263 e. The Morgan fingerprint density at radius 3 is 2.86 bits per heavy atom. The molecule has 0 spiro atoms. The van der Waals surface area contributed by atoms with Crippen LogP contribution in [-0.4, -0.2) is 11.9 Å². The Morgan fingerprint density at radius 2 is 2.14 bits per heavy atom. The van der Waals surface area contributed by atoms with Crippen molar-refractivity contribution in [3.05, 3.63) is 27.5 Å². The molecule has 2 aromatic rings. The number of hydrogen-bond acceptors (Lipinski definition) is 3. The Labute approximate surface area is 137 Å². The third-order valence-corrected chi connectivity index (χ3v) is 6.02. The maximum absolute atomic E-state index is 12.5. The molecule has 0 aliphatic heterocycles. The van der Waals surface area contributed by atoms with Gasteiger partial charge in [-0.25, -0.2) is 0 Å². The molecule has 5 heteroatoms. The molecule has 1 unspecified atom stereocenters. The second-order valence-corrected chi connectivity index (χ2v) is 7.76. The van der Waals surface area contributed by atoms with Gasteiger partial charge >= 0.3 is 0 Å². The lowest BCUT2D eigenvalue weighted by atomic mass is 10.00. The van der Waals surface area contributed by atoms with Gasteiger partial charge in [-0.3, -0.25) is 4.79 Å². The molecular formula is C16H19BrN2OS. The molecule has 3 rings (SSSR count). The number of thiophene rings is 1. The predicted octanol–water partition coefficient (Wildman–Crippen LogP) is 4.55. The molecule has 1 amide bonds. The van der Waals surface area contributed by atoms with E-state index in [1.54, 1.807) is 0 Å². The topological polar surface area (TPSA) is 55.1 Å². The first-order chi connectivity index (χ1) is 10.1. The molecule has 3 nitrogen and oxygen atoms in total. The van der Waals surface area contributed by atoms with E-state index in [1.165, 1.54) is 37.0 Å². The molecule has 3 N–H and O–H groups in total. The quantitative estimate of drug-likeness (QED) is 0.836. The highest BCUT2D eigenvalue weighted by atomic mass is 79.9. The average Bonchev–Trinajstić information content (AvgIpc) is 3.07. The summed E-state index contributed by atoms with van der Waals surface area (Å²) in [6, 6.07) is 6.14. The zero-order chi connectivity index (χ0) is 15.0. The van der Waals surface area contributed by atoms with Crippen molar-refractivity contribution in [3.8, 4) is 0 Å². The molecule has 0 radical (unpaired) electrons. The van der Waals surface area contributed by atoms with E-state index in [4.69, 9.17) is 5.73 Å². The van der Waals surface area contributed by atoms with Crippen LogP contribution in [-0.2, 0) is 0 Å². The summed E-state index contributed by atoms with van der Waals surface area (Å²) in [6.07, 6.45) is 5.00. The molecule has 1 aliphatic carbocycles. The number of rotatable bonds is 3. The second kappa shape index (κ2) is 5.97. The minimum atomic E-state index is -0.0378. The number of nitrogens with one attached hydrogen (secondary N) is 1. The van der Waals surface area contributed by atoms with Gasteiger partial charge in [-0.15, -0.1) is 11.3 Å². The van der Waals surface area contributed by atoms with Crippen LogP contribution in [0.3, 0.4) is 0 Å². The number of fused-ring (bicyclic) bond motifs is 1. The SMILES string of the molecule is CC(NC(=O)c1sc2cc(Br)ccc2c1N)C1CCCC1. The highest BCUT2D eigenvalue weighted by molar-refractivity contribution is 9.10. The van der Waals surface area contributed by atoms with Crippen LogP contribution in [0.4, 0.5) is 5.69 Å². The Morgan fingerprint density at radius 1 is 1.43 bits per heavy atom. The van der Waals surface area contributed by atoms with Crippen molar-refractivity contribution in [1.29, 1.82) is 0 Å². The summed E-state index contributed by atoms with van der Waals surface area (Å²) < 4.78 is 2.04. The first-order valence-corrected chi connectivity index (χ1v) is 8.95. The van der Waals surface area contributed by atoms with E-state index in [0.717, 1.165) is 14.6 Å². The van der Waals surface area contributed by atoms with Crippen molar-refractivity contribution in [2.24, 2.45) is 5.92 Å².